The second-order valence-electron chi connectivity index (χ2n) is 3.11. The van der Waals surface area contributed by atoms with Crippen molar-refractivity contribution in [3.63, 3.8) is 0 Å². The first kappa shape index (κ1) is 10.2. The minimum atomic E-state index is -1.29. The van der Waals surface area contributed by atoms with Gasteiger partial charge in [-0.15, -0.1) is 0 Å². The Bertz CT molecular complexity index is 479. The number of hydrogen-bond donors (Lipinski definition) is 0. The van der Waals surface area contributed by atoms with Crippen molar-refractivity contribution in [3.05, 3.63) is 48.3 Å². The van der Waals surface area contributed by atoms with E-state index in [4.69, 9.17) is 4.74 Å². The molecule has 16 heavy (non-hydrogen) atoms. The van der Waals surface area contributed by atoms with Crippen LogP contribution in [-0.4, -0.2) is 15.7 Å². The zero-order valence-electron chi connectivity index (χ0n) is 8.37. The molecule has 0 spiro atoms. The van der Waals surface area contributed by atoms with E-state index in [1.54, 1.807) is 0 Å². The second kappa shape index (κ2) is 4.48. The molecular formula is C11H9N2O3-. The van der Waals surface area contributed by atoms with Gasteiger partial charge in [0.05, 0.1) is 5.97 Å². The summed E-state index contributed by atoms with van der Waals surface area (Å²) in [4.78, 5) is 10.5. The number of benzene rings is 1. The fraction of sp³-hybridized carbons (Fsp3) is 0.0909. The van der Waals surface area contributed by atoms with Gasteiger partial charge in [0, 0.05) is 6.20 Å². The summed E-state index contributed by atoms with van der Waals surface area (Å²) in [5.41, 5.74) is -0.100. The van der Waals surface area contributed by atoms with E-state index in [0.29, 0.717) is 5.75 Å². The fourth-order valence-electron chi connectivity index (χ4n) is 1.20. The Morgan fingerprint density at radius 3 is 2.69 bits per heavy atom. The predicted octanol–water partition coefficient (Wildman–Crippen LogP) is 0.283. The zero-order valence-corrected chi connectivity index (χ0v) is 8.37. The van der Waals surface area contributed by atoms with Crippen LogP contribution in [0.5, 0.6) is 5.75 Å². The van der Waals surface area contributed by atoms with Crippen LogP contribution < -0.4 is 9.84 Å². The number of nitrogens with zero attached hydrogens (tertiary/aromatic N) is 2. The molecule has 0 fully saturated rings. The van der Waals surface area contributed by atoms with E-state index in [-0.39, 0.29) is 12.4 Å². The number of aromatic nitrogens is 2. The predicted molar refractivity (Wildman–Crippen MR) is 53.6 cm³/mol. The molecule has 0 amide bonds. The van der Waals surface area contributed by atoms with E-state index in [0.717, 1.165) is 0 Å². The summed E-state index contributed by atoms with van der Waals surface area (Å²) in [6, 6.07) is 10.6. The molecule has 0 unspecified atom stereocenters. The van der Waals surface area contributed by atoms with Crippen molar-refractivity contribution < 1.29 is 14.6 Å². The van der Waals surface area contributed by atoms with Crippen LogP contribution in [0.25, 0.3) is 0 Å². The third-order valence-electron chi connectivity index (χ3n) is 1.96. The molecule has 1 heterocycles. The van der Waals surface area contributed by atoms with Gasteiger partial charge in [0.2, 0.25) is 0 Å². The summed E-state index contributed by atoms with van der Waals surface area (Å²) in [6.45, 7) is 0.164. The maximum absolute atomic E-state index is 10.5. The Morgan fingerprint density at radius 2 is 2.06 bits per heavy atom. The van der Waals surface area contributed by atoms with Gasteiger partial charge in [-0.25, -0.2) is 4.68 Å². The molecule has 0 atom stereocenters. The van der Waals surface area contributed by atoms with E-state index >= 15 is 0 Å². The largest absolute Gasteiger partial charge is 0.543 e. The molecule has 1 aromatic heterocycles. The van der Waals surface area contributed by atoms with E-state index in [1.165, 1.54) is 16.9 Å². The number of hydrogen-bond acceptors (Lipinski definition) is 4. The van der Waals surface area contributed by atoms with Crippen LogP contribution in [-0.2, 0) is 6.73 Å². The molecule has 2 rings (SSSR count). The normalized spacial score (nSPS) is 10.0. The third kappa shape index (κ3) is 2.38. The first-order chi connectivity index (χ1) is 7.75. The maximum atomic E-state index is 10.5. The Balaban J connectivity index is 1.97. The molecule has 5 nitrogen and oxygen atoms in total. The monoisotopic (exact) mass is 217 g/mol. The average Bonchev–Trinajstić information content (AvgIpc) is 2.76. The molecule has 5 heteroatoms. The lowest BCUT2D eigenvalue weighted by Crippen LogP contribution is -2.23. The highest BCUT2D eigenvalue weighted by Gasteiger charge is 1.99. The van der Waals surface area contributed by atoms with E-state index < -0.39 is 5.97 Å². The molecular weight excluding hydrogens is 208 g/mol. The summed E-state index contributed by atoms with van der Waals surface area (Å²) in [5.74, 6) is -0.591. The SMILES string of the molecule is O=C([O-])c1ccn(COc2ccccc2)n1. The molecule has 0 saturated carbocycles. The van der Waals surface area contributed by atoms with Gasteiger partial charge < -0.3 is 14.6 Å². The number of carboxylic acids is 1. The molecule has 82 valence electrons. The Morgan fingerprint density at radius 1 is 1.31 bits per heavy atom. The standard InChI is InChI=1S/C11H10N2O3/c14-11(15)10-6-7-13(12-10)8-16-9-4-2-1-3-5-9/h1-7H,8H2,(H,14,15)/p-1. The van der Waals surface area contributed by atoms with E-state index in [2.05, 4.69) is 5.10 Å². The van der Waals surface area contributed by atoms with Gasteiger partial charge in [-0.3, -0.25) is 0 Å². The maximum Gasteiger partial charge on any atom is 0.180 e. The highest BCUT2D eigenvalue weighted by atomic mass is 16.5. The summed E-state index contributed by atoms with van der Waals surface area (Å²) in [5, 5.41) is 14.2. The first-order valence-electron chi connectivity index (χ1n) is 4.68. The molecule has 0 aliphatic heterocycles. The molecule has 0 N–H and O–H groups in total. The Kier molecular flexibility index (Phi) is 2.86. The lowest BCUT2D eigenvalue weighted by molar-refractivity contribution is -0.255. The third-order valence-corrected chi connectivity index (χ3v) is 1.96. The van der Waals surface area contributed by atoms with E-state index in [1.807, 2.05) is 30.3 Å². The van der Waals surface area contributed by atoms with Crippen LogP contribution in [0, 0.1) is 0 Å². The summed E-state index contributed by atoms with van der Waals surface area (Å²) >= 11 is 0. The van der Waals surface area contributed by atoms with Crippen molar-refractivity contribution >= 4 is 5.97 Å². The first-order valence-corrected chi connectivity index (χ1v) is 4.68. The van der Waals surface area contributed by atoms with Crippen LogP contribution in [0.4, 0.5) is 0 Å². The Labute approximate surface area is 91.9 Å². The summed E-state index contributed by atoms with van der Waals surface area (Å²) in [6.07, 6.45) is 1.52. The number of aromatic carboxylic acids is 1. The molecule has 0 aliphatic rings. The van der Waals surface area contributed by atoms with Crippen LogP contribution in [0.15, 0.2) is 42.6 Å². The van der Waals surface area contributed by atoms with Crippen molar-refractivity contribution in [2.24, 2.45) is 0 Å². The molecule has 0 radical (unpaired) electrons. The zero-order chi connectivity index (χ0) is 11.4. The number of carboxylic acid groups (broad SMARTS) is 1. The molecule has 1 aromatic carbocycles. The van der Waals surface area contributed by atoms with Gasteiger partial charge >= 0.3 is 0 Å². The number of carbonyl (C=O) groups excluding carboxylic acids is 1. The molecule has 0 aliphatic carbocycles. The smallest absolute Gasteiger partial charge is 0.180 e. The lowest BCUT2D eigenvalue weighted by Gasteiger charge is -2.05. The number of ether oxygens (including phenoxy) is 1. The number of para-hydroxylation sites is 1. The quantitative estimate of drug-likeness (QED) is 0.737. The van der Waals surface area contributed by atoms with Gasteiger partial charge in [0.15, 0.2) is 6.73 Å². The van der Waals surface area contributed by atoms with Gasteiger partial charge in [-0.2, -0.15) is 5.10 Å². The van der Waals surface area contributed by atoms with Crippen LogP contribution >= 0.6 is 0 Å². The van der Waals surface area contributed by atoms with Crippen LogP contribution in [0.3, 0.4) is 0 Å². The number of carbonyl (C=O) groups is 1. The highest BCUT2D eigenvalue weighted by molar-refractivity contribution is 5.83. The molecule has 0 bridgehead atoms. The van der Waals surface area contributed by atoms with Gasteiger partial charge in [-0.05, 0) is 18.2 Å². The topological polar surface area (TPSA) is 67.2 Å². The fourth-order valence-corrected chi connectivity index (χ4v) is 1.20. The summed E-state index contributed by atoms with van der Waals surface area (Å²) in [7, 11) is 0. The minimum absolute atomic E-state index is 0.100. The Hall–Kier alpha value is -2.30. The highest BCUT2D eigenvalue weighted by Crippen LogP contribution is 2.08. The van der Waals surface area contributed by atoms with E-state index in [9.17, 15) is 9.90 Å². The van der Waals surface area contributed by atoms with Crippen molar-refractivity contribution in [2.75, 3.05) is 0 Å². The van der Waals surface area contributed by atoms with Crippen LogP contribution in [0.1, 0.15) is 10.5 Å². The molecule has 2 aromatic rings. The van der Waals surface area contributed by atoms with Gasteiger partial charge in [0.25, 0.3) is 0 Å². The lowest BCUT2D eigenvalue weighted by atomic mass is 10.3. The molecule has 0 saturated heterocycles. The van der Waals surface area contributed by atoms with Crippen LogP contribution in [0.2, 0.25) is 0 Å². The summed E-state index contributed by atoms with van der Waals surface area (Å²) < 4.78 is 6.76. The second-order valence-corrected chi connectivity index (χ2v) is 3.11. The van der Waals surface area contributed by atoms with Crippen molar-refractivity contribution in [3.8, 4) is 5.75 Å². The van der Waals surface area contributed by atoms with Crippen molar-refractivity contribution in [2.45, 2.75) is 6.73 Å². The van der Waals surface area contributed by atoms with Gasteiger partial charge in [-0.1, -0.05) is 18.2 Å². The van der Waals surface area contributed by atoms with Crippen molar-refractivity contribution in [1.82, 2.24) is 9.78 Å². The minimum Gasteiger partial charge on any atom is -0.543 e. The van der Waals surface area contributed by atoms with Crippen molar-refractivity contribution in [1.29, 1.82) is 0 Å². The number of rotatable bonds is 4. The average molecular weight is 217 g/mol. The van der Waals surface area contributed by atoms with Gasteiger partial charge in [0.1, 0.15) is 11.4 Å².